The largest absolute Gasteiger partial charge is 0.480 e. The smallest absolute Gasteiger partial charge is 0.209 e. The summed E-state index contributed by atoms with van der Waals surface area (Å²) in [5.41, 5.74) is 5.90. The minimum atomic E-state index is -0.0384. The number of rotatable bonds is 10. The van der Waals surface area contributed by atoms with E-state index in [1.807, 2.05) is 34.6 Å². The highest BCUT2D eigenvalue weighted by molar-refractivity contribution is 8.76. The Balaban J connectivity index is 1.28. The van der Waals surface area contributed by atoms with E-state index in [-0.39, 0.29) is 24.2 Å². The van der Waals surface area contributed by atoms with Crippen molar-refractivity contribution < 1.29 is 4.74 Å². The quantitative estimate of drug-likeness (QED) is 0.278. The second kappa shape index (κ2) is 13.2. The summed E-state index contributed by atoms with van der Waals surface area (Å²) in [5, 5.41) is 0. The van der Waals surface area contributed by atoms with E-state index in [1.165, 1.54) is 11.1 Å². The SMILES string of the molecule is CCOC1=N[C@@H](CSSC[C@@H]2N=C(C)[C@@H](Cc3ccccc3)N=C2C)C(C)=N[C@@H]1Cc1ccccc1. The summed E-state index contributed by atoms with van der Waals surface area (Å²) < 4.78 is 5.92. The molecule has 0 bridgehead atoms. The molecule has 0 aromatic heterocycles. The molecule has 5 nitrogen and oxygen atoms in total. The van der Waals surface area contributed by atoms with Crippen molar-refractivity contribution in [2.45, 2.75) is 64.7 Å². The Morgan fingerprint density at radius 3 is 1.61 bits per heavy atom. The van der Waals surface area contributed by atoms with Gasteiger partial charge in [-0.3, -0.25) is 15.0 Å². The molecule has 2 aliphatic heterocycles. The van der Waals surface area contributed by atoms with Crippen LogP contribution in [0.1, 0.15) is 38.8 Å². The van der Waals surface area contributed by atoms with Gasteiger partial charge in [-0.25, -0.2) is 4.99 Å². The predicted molar refractivity (Wildman–Crippen MR) is 159 cm³/mol. The molecular formula is C29H36N4OS2. The van der Waals surface area contributed by atoms with E-state index >= 15 is 0 Å². The maximum atomic E-state index is 5.92. The number of aliphatic imine (C=N–C) groups is 4. The number of hydrogen-bond donors (Lipinski definition) is 0. The Hall–Kier alpha value is -2.38. The molecule has 0 fully saturated rings. The zero-order valence-electron chi connectivity index (χ0n) is 21.6. The summed E-state index contributed by atoms with van der Waals surface area (Å²) in [5.74, 6) is 2.55. The predicted octanol–water partition coefficient (Wildman–Crippen LogP) is 6.17. The molecule has 4 atom stereocenters. The molecule has 2 aromatic rings. The Labute approximate surface area is 223 Å². The van der Waals surface area contributed by atoms with Crippen LogP contribution in [0.5, 0.6) is 0 Å². The van der Waals surface area contributed by atoms with Crippen molar-refractivity contribution in [1.29, 1.82) is 0 Å². The topological polar surface area (TPSA) is 58.7 Å². The first-order chi connectivity index (χ1) is 17.5. The van der Waals surface area contributed by atoms with Gasteiger partial charge in [0.25, 0.3) is 0 Å². The van der Waals surface area contributed by atoms with Gasteiger partial charge >= 0.3 is 0 Å². The van der Waals surface area contributed by atoms with Gasteiger partial charge in [-0.05, 0) is 38.8 Å². The lowest BCUT2D eigenvalue weighted by molar-refractivity contribution is 0.307. The highest BCUT2D eigenvalue weighted by Gasteiger charge is 2.27. The van der Waals surface area contributed by atoms with Crippen LogP contribution in [0, 0.1) is 0 Å². The molecule has 2 aromatic carbocycles. The summed E-state index contributed by atoms with van der Waals surface area (Å²) in [4.78, 5) is 20.0. The first kappa shape index (κ1) is 26.7. The lowest BCUT2D eigenvalue weighted by Crippen LogP contribution is -2.35. The summed E-state index contributed by atoms with van der Waals surface area (Å²) in [6.07, 6.45) is 1.72. The Morgan fingerprint density at radius 2 is 1.06 bits per heavy atom. The molecule has 2 heterocycles. The van der Waals surface area contributed by atoms with Crippen LogP contribution in [0.4, 0.5) is 0 Å². The van der Waals surface area contributed by atoms with E-state index in [2.05, 4.69) is 75.4 Å². The average Bonchev–Trinajstić information content (AvgIpc) is 2.88. The van der Waals surface area contributed by atoms with Crippen molar-refractivity contribution in [3.63, 3.8) is 0 Å². The van der Waals surface area contributed by atoms with Crippen LogP contribution < -0.4 is 0 Å². The molecule has 0 unspecified atom stereocenters. The zero-order chi connectivity index (χ0) is 25.3. The number of nitrogens with zero attached hydrogens (tertiary/aromatic N) is 4. The minimum absolute atomic E-state index is 0.0384. The molecule has 0 N–H and O–H groups in total. The van der Waals surface area contributed by atoms with E-state index in [9.17, 15) is 0 Å². The molecule has 0 amide bonds. The first-order valence-electron chi connectivity index (χ1n) is 12.7. The molecule has 190 valence electrons. The van der Waals surface area contributed by atoms with Gasteiger partial charge in [-0.15, -0.1) is 0 Å². The number of ether oxygens (including phenoxy) is 1. The maximum absolute atomic E-state index is 5.92. The van der Waals surface area contributed by atoms with Crippen molar-refractivity contribution in [3.05, 3.63) is 71.8 Å². The minimum Gasteiger partial charge on any atom is -0.480 e. The van der Waals surface area contributed by atoms with Crippen LogP contribution in [0.15, 0.2) is 80.6 Å². The maximum Gasteiger partial charge on any atom is 0.209 e. The summed E-state index contributed by atoms with van der Waals surface area (Å²) in [6, 6.07) is 21.3. The molecule has 2 aliphatic rings. The fourth-order valence-electron chi connectivity index (χ4n) is 4.39. The average molecular weight is 521 g/mol. The van der Waals surface area contributed by atoms with E-state index in [0.29, 0.717) is 6.61 Å². The van der Waals surface area contributed by atoms with Crippen molar-refractivity contribution in [2.75, 3.05) is 18.1 Å². The van der Waals surface area contributed by atoms with Crippen LogP contribution in [0.25, 0.3) is 0 Å². The highest BCUT2D eigenvalue weighted by atomic mass is 33.1. The molecule has 7 heteroatoms. The van der Waals surface area contributed by atoms with Crippen LogP contribution in [-0.4, -0.2) is 65.3 Å². The third-order valence-electron chi connectivity index (χ3n) is 6.46. The molecule has 0 spiro atoms. The number of hydrogen-bond acceptors (Lipinski definition) is 7. The van der Waals surface area contributed by atoms with Gasteiger partial charge in [0.05, 0.1) is 18.7 Å². The van der Waals surface area contributed by atoms with E-state index in [4.69, 9.17) is 24.7 Å². The van der Waals surface area contributed by atoms with Gasteiger partial charge in [0.15, 0.2) is 0 Å². The fraction of sp³-hybridized carbons (Fsp3) is 0.448. The standard InChI is InChI=1S/C29H36N4OS2/c1-5-34-29-26(17-24-14-10-7-11-15-24)31-22(4)28(33-29)19-36-35-18-27-21(3)30-25(20(2)32-27)16-23-12-8-6-9-13-23/h6-15,25-28H,5,16-19H2,1-4H3/t25-,26-,27+,28+/m1/s1. The Bertz CT molecular complexity index is 1110. The van der Waals surface area contributed by atoms with Crippen LogP contribution in [-0.2, 0) is 17.6 Å². The van der Waals surface area contributed by atoms with Crippen molar-refractivity contribution in [2.24, 2.45) is 20.0 Å². The van der Waals surface area contributed by atoms with Gasteiger partial charge in [0.2, 0.25) is 5.90 Å². The zero-order valence-corrected chi connectivity index (χ0v) is 23.3. The third kappa shape index (κ3) is 7.32. The van der Waals surface area contributed by atoms with E-state index < -0.39 is 0 Å². The number of benzene rings is 2. The molecule has 0 aliphatic carbocycles. The van der Waals surface area contributed by atoms with Crippen LogP contribution in [0.3, 0.4) is 0 Å². The Kier molecular flexibility index (Phi) is 9.82. The van der Waals surface area contributed by atoms with Gasteiger partial charge in [0.1, 0.15) is 12.1 Å². The summed E-state index contributed by atoms with van der Waals surface area (Å²) in [7, 11) is 3.69. The molecule has 36 heavy (non-hydrogen) atoms. The monoisotopic (exact) mass is 520 g/mol. The van der Waals surface area contributed by atoms with Crippen LogP contribution in [0.2, 0.25) is 0 Å². The van der Waals surface area contributed by atoms with Crippen molar-refractivity contribution in [3.8, 4) is 0 Å². The Morgan fingerprint density at radius 1 is 0.611 bits per heavy atom. The molecule has 4 rings (SSSR count). The fourth-order valence-corrected chi connectivity index (χ4v) is 6.83. The summed E-state index contributed by atoms with van der Waals surface area (Å²) in [6.45, 7) is 8.95. The second-order valence-corrected chi connectivity index (χ2v) is 11.8. The first-order valence-corrected chi connectivity index (χ1v) is 15.2. The van der Waals surface area contributed by atoms with Crippen molar-refractivity contribution in [1.82, 2.24) is 0 Å². The lowest BCUT2D eigenvalue weighted by Gasteiger charge is -2.26. The van der Waals surface area contributed by atoms with Gasteiger partial charge < -0.3 is 4.74 Å². The van der Waals surface area contributed by atoms with Crippen LogP contribution >= 0.6 is 21.6 Å². The van der Waals surface area contributed by atoms with Gasteiger partial charge in [0, 0.05) is 41.5 Å². The molecule has 0 radical (unpaired) electrons. The third-order valence-corrected chi connectivity index (χ3v) is 8.85. The normalized spacial score (nSPS) is 23.9. The van der Waals surface area contributed by atoms with E-state index in [0.717, 1.165) is 47.4 Å². The highest BCUT2D eigenvalue weighted by Crippen LogP contribution is 2.28. The second-order valence-electron chi connectivity index (χ2n) is 9.22. The lowest BCUT2D eigenvalue weighted by atomic mass is 10.0. The van der Waals surface area contributed by atoms with Gasteiger partial charge in [-0.2, -0.15) is 0 Å². The van der Waals surface area contributed by atoms with E-state index in [1.54, 1.807) is 0 Å². The molecule has 0 saturated heterocycles. The summed E-state index contributed by atoms with van der Waals surface area (Å²) >= 11 is 0. The van der Waals surface area contributed by atoms with Crippen molar-refractivity contribution >= 4 is 44.6 Å². The molecule has 0 saturated carbocycles. The van der Waals surface area contributed by atoms with Gasteiger partial charge in [-0.1, -0.05) is 82.3 Å². The molecular weight excluding hydrogens is 484 g/mol.